The quantitative estimate of drug-likeness (QED) is 0.264. The average Bonchev–Trinajstić information content (AvgIpc) is 3.48. The van der Waals surface area contributed by atoms with Crippen molar-refractivity contribution in [1.29, 1.82) is 0 Å². The molecule has 0 aliphatic carbocycles. The lowest BCUT2D eigenvalue weighted by atomic mass is 10.1. The number of carbonyl (C=O) groups excluding carboxylic acids is 1. The van der Waals surface area contributed by atoms with Crippen LogP contribution in [0.1, 0.15) is 11.4 Å². The summed E-state index contributed by atoms with van der Waals surface area (Å²) in [7, 11) is 1.79. The number of rotatable bonds is 5. The fourth-order valence-electron chi connectivity index (χ4n) is 4.17. The van der Waals surface area contributed by atoms with Gasteiger partial charge in [-0.05, 0) is 42.5 Å². The Hall–Kier alpha value is -3.84. The van der Waals surface area contributed by atoms with Gasteiger partial charge in [0.1, 0.15) is 12.1 Å². The smallest absolute Gasteiger partial charge is 0.308 e. The molecule has 0 radical (unpaired) electrons. The van der Waals surface area contributed by atoms with Crippen LogP contribution in [0.3, 0.4) is 0 Å². The van der Waals surface area contributed by atoms with Gasteiger partial charge in [0.25, 0.3) is 0 Å². The molecule has 1 amide bonds. The Kier molecular flexibility index (Phi) is 6.11. The van der Waals surface area contributed by atoms with Gasteiger partial charge >= 0.3 is 6.18 Å². The van der Waals surface area contributed by atoms with Crippen molar-refractivity contribution in [2.45, 2.75) is 27.7 Å². The van der Waals surface area contributed by atoms with Crippen LogP contribution in [0.25, 0.3) is 11.0 Å². The second-order valence-corrected chi connectivity index (χ2v) is 10.5. The molecule has 8 nitrogen and oxygen atoms in total. The molecular weight excluding hydrogens is 535 g/mol. The summed E-state index contributed by atoms with van der Waals surface area (Å²) in [6.45, 7) is 0.336. The predicted octanol–water partition coefficient (Wildman–Crippen LogP) is 5.55. The standard InChI is InChI=1S/C25H18F3N7OS2/c1-33-22(13-34-17-7-3-2-6-16(17)29-32-34)30-31-24(33)37-14-23(36)35-18-8-4-5-9-20(18)38-21-11-10-15(12-19(21)35)25(26,27)28/h2-12H,13-14H2,1H3. The van der Waals surface area contributed by atoms with Crippen molar-refractivity contribution in [2.75, 3.05) is 10.7 Å². The van der Waals surface area contributed by atoms with Crippen molar-refractivity contribution < 1.29 is 18.0 Å². The molecule has 5 aromatic rings. The van der Waals surface area contributed by atoms with Crippen LogP contribution in [0.4, 0.5) is 24.5 Å². The van der Waals surface area contributed by atoms with E-state index in [0.717, 1.165) is 28.1 Å². The number of carbonyl (C=O) groups is 1. The van der Waals surface area contributed by atoms with E-state index in [1.165, 1.54) is 34.5 Å². The number of amides is 1. The molecule has 1 aliphatic heterocycles. The van der Waals surface area contributed by atoms with Gasteiger partial charge in [0.05, 0.1) is 28.2 Å². The van der Waals surface area contributed by atoms with Gasteiger partial charge < -0.3 is 4.57 Å². The average molecular weight is 554 g/mol. The van der Waals surface area contributed by atoms with Gasteiger partial charge in [-0.3, -0.25) is 9.69 Å². The summed E-state index contributed by atoms with van der Waals surface area (Å²) in [5.41, 5.74) is 1.58. The summed E-state index contributed by atoms with van der Waals surface area (Å²) in [4.78, 5) is 16.2. The molecule has 2 aromatic heterocycles. The second kappa shape index (κ2) is 9.48. The number of nitrogens with zero attached hydrogens (tertiary/aromatic N) is 7. The van der Waals surface area contributed by atoms with Crippen molar-refractivity contribution in [3.05, 3.63) is 78.1 Å². The molecule has 0 bridgehead atoms. The molecule has 0 spiro atoms. The van der Waals surface area contributed by atoms with E-state index in [2.05, 4.69) is 20.5 Å². The molecule has 38 heavy (non-hydrogen) atoms. The molecule has 6 rings (SSSR count). The van der Waals surface area contributed by atoms with Crippen molar-refractivity contribution in [2.24, 2.45) is 7.05 Å². The molecule has 0 atom stereocenters. The van der Waals surface area contributed by atoms with Gasteiger partial charge in [-0.25, -0.2) is 4.68 Å². The normalized spacial score (nSPS) is 13.0. The number of para-hydroxylation sites is 2. The van der Waals surface area contributed by atoms with Gasteiger partial charge in [-0.1, -0.05) is 53.0 Å². The molecule has 13 heteroatoms. The van der Waals surface area contributed by atoms with E-state index in [9.17, 15) is 18.0 Å². The number of fused-ring (bicyclic) bond motifs is 3. The minimum Gasteiger partial charge on any atom is -0.308 e. The lowest BCUT2D eigenvalue weighted by molar-refractivity contribution is -0.137. The largest absolute Gasteiger partial charge is 0.416 e. The Balaban J connectivity index is 1.25. The van der Waals surface area contributed by atoms with E-state index in [1.807, 2.05) is 36.4 Å². The maximum absolute atomic E-state index is 13.5. The lowest BCUT2D eigenvalue weighted by Gasteiger charge is -2.31. The van der Waals surface area contributed by atoms with Gasteiger partial charge in [0.2, 0.25) is 5.91 Å². The predicted molar refractivity (Wildman–Crippen MR) is 138 cm³/mol. The number of halogens is 3. The SMILES string of the molecule is Cn1c(Cn2nnc3ccccc32)nnc1SCC(=O)N1c2ccccc2Sc2ccc(C(F)(F)F)cc21. The molecular formula is C25H18F3N7OS2. The summed E-state index contributed by atoms with van der Waals surface area (Å²) in [5, 5.41) is 17.3. The Morgan fingerprint density at radius 2 is 1.71 bits per heavy atom. The number of thioether (sulfide) groups is 1. The number of alkyl halides is 3. The molecule has 192 valence electrons. The van der Waals surface area contributed by atoms with Crippen molar-refractivity contribution in [3.8, 4) is 0 Å². The monoisotopic (exact) mass is 553 g/mol. The van der Waals surface area contributed by atoms with E-state index in [4.69, 9.17) is 0 Å². The Morgan fingerprint density at radius 3 is 2.55 bits per heavy atom. The van der Waals surface area contributed by atoms with E-state index in [-0.39, 0.29) is 17.3 Å². The molecule has 0 fully saturated rings. The minimum absolute atomic E-state index is 0.0487. The zero-order valence-electron chi connectivity index (χ0n) is 19.8. The van der Waals surface area contributed by atoms with Crippen LogP contribution < -0.4 is 4.90 Å². The van der Waals surface area contributed by atoms with Crippen LogP contribution >= 0.6 is 23.5 Å². The number of benzene rings is 3. The first-order chi connectivity index (χ1) is 18.3. The molecule has 3 aromatic carbocycles. The first-order valence-electron chi connectivity index (χ1n) is 11.4. The van der Waals surface area contributed by atoms with Gasteiger partial charge in [-0.2, -0.15) is 13.2 Å². The van der Waals surface area contributed by atoms with Gasteiger partial charge in [0, 0.05) is 16.8 Å². The maximum atomic E-state index is 13.5. The molecule has 1 aliphatic rings. The lowest BCUT2D eigenvalue weighted by Crippen LogP contribution is -2.30. The summed E-state index contributed by atoms with van der Waals surface area (Å²) in [5.74, 6) is 0.207. The summed E-state index contributed by atoms with van der Waals surface area (Å²) < 4.78 is 43.9. The zero-order chi connectivity index (χ0) is 26.4. The van der Waals surface area contributed by atoms with Gasteiger partial charge in [0.15, 0.2) is 11.0 Å². The van der Waals surface area contributed by atoms with Crippen LogP contribution in [-0.4, -0.2) is 41.4 Å². The maximum Gasteiger partial charge on any atom is 0.416 e. The number of hydrogen-bond acceptors (Lipinski definition) is 7. The second-order valence-electron chi connectivity index (χ2n) is 8.46. The minimum atomic E-state index is -4.52. The molecule has 3 heterocycles. The van der Waals surface area contributed by atoms with E-state index in [1.54, 1.807) is 28.4 Å². The number of anilines is 2. The first-order valence-corrected chi connectivity index (χ1v) is 13.2. The third-order valence-electron chi connectivity index (χ3n) is 6.06. The van der Waals surface area contributed by atoms with Crippen LogP contribution in [-0.2, 0) is 24.6 Å². The molecule has 0 saturated heterocycles. The molecule has 0 saturated carbocycles. The molecule has 0 N–H and O–H groups in total. The van der Waals surface area contributed by atoms with E-state index < -0.39 is 11.7 Å². The van der Waals surface area contributed by atoms with Crippen molar-refractivity contribution in [1.82, 2.24) is 29.8 Å². The Morgan fingerprint density at radius 1 is 0.947 bits per heavy atom. The van der Waals surface area contributed by atoms with Crippen molar-refractivity contribution >= 4 is 51.8 Å². The van der Waals surface area contributed by atoms with Crippen LogP contribution in [0, 0.1) is 0 Å². The summed E-state index contributed by atoms with van der Waals surface area (Å²) >= 11 is 2.51. The third kappa shape index (κ3) is 4.41. The topological polar surface area (TPSA) is 81.7 Å². The highest BCUT2D eigenvalue weighted by Crippen LogP contribution is 2.49. The number of hydrogen-bond donors (Lipinski definition) is 0. The highest BCUT2D eigenvalue weighted by Gasteiger charge is 2.35. The van der Waals surface area contributed by atoms with E-state index >= 15 is 0 Å². The zero-order valence-corrected chi connectivity index (χ0v) is 21.4. The first kappa shape index (κ1) is 24.5. The van der Waals surface area contributed by atoms with Crippen LogP contribution in [0.5, 0.6) is 0 Å². The summed E-state index contributed by atoms with van der Waals surface area (Å²) in [6.07, 6.45) is -4.52. The Labute approximate surface area is 222 Å². The van der Waals surface area contributed by atoms with Gasteiger partial charge in [-0.15, -0.1) is 15.3 Å². The molecule has 0 unspecified atom stereocenters. The highest BCUT2D eigenvalue weighted by molar-refractivity contribution is 8.00. The van der Waals surface area contributed by atoms with Crippen LogP contribution in [0.2, 0.25) is 0 Å². The van der Waals surface area contributed by atoms with Crippen LogP contribution in [0.15, 0.2) is 81.7 Å². The highest BCUT2D eigenvalue weighted by atomic mass is 32.2. The fraction of sp³-hybridized carbons (Fsp3) is 0.160. The Bertz CT molecular complexity index is 1680. The van der Waals surface area contributed by atoms with E-state index in [0.29, 0.717) is 28.1 Å². The number of aromatic nitrogens is 6. The fourth-order valence-corrected chi connectivity index (χ4v) is 5.98. The van der Waals surface area contributed by atoms with Crippen molar-refractivity contribution in [3.63, 3.8) is 0 Å². The summed E-state index contributed by atoms with van der Waals surface area (Å²) in [6, 6.07) is 18.2. The third-order valence-corrected chi connectivity index (χ3v) is 8.20.